The molecule has 0 bridgehead atoms. The molecule has 14 heteroatoms. The summed E-state index contributed by atoms with van der Waals surface area (Å²) in [4.78, 5) is 21.7. The van der Waals surface area contributed by atoms with Crippen LogP contribution >= 0.6 is 0 Å². The summed E-state index contributed by atoms with van der Waals surface area (Å²) >= 11 is 0. The zero-order valence-electron chi connectivity index (χ0n) is 22.1. The third-order valence-electron chi connectivity index (χ3n) is 7.06. The minimum atomic E-state index is -1.52. The highest BCUT2D eigenvalue weighted by atomic mass is 16.6. The van der Waals surface area contributed by atoms with E-state index in [1.165, 1.54) is 6.92 Å². The second-order valence-electron chi connectivity index (χ2n) is 11.2. The zero-order valence-corrected chi connectivity index (χ0v) is 22.1. The summed E-state index contributed by atoms with van der Waals surface area (Å²) in [7, 11) is 0. The summed E-state index contributed by atoms with van der Waals surface area (Å²) in [6, 6.07) is 0. The van der Waals surface area contributed by atoms with Gasteiger partial charge in [-0.1, -0.05) is 20.8 Å². The van der Waals surface area contributed by atoms with Crippen molar-refractivity contribution in [3.63, 3.8) is 0 Å². The third kappa shape index (κ3) is 8.27. The molecule has 0 aromatic heterocycles. The van der Waals surface area contributed by atoms with Crippen molar-refractivity contribution in [2.45, 2.75) is 76.0 Å². The van der Waals surface area contributed by atoms with Crippen LogP contribution in [0.15, 0.2) is 0 Å². The number of aliphatic carboxylic acids is 2. The molecule has 0 radical (unpaired) electrons. The molecule has 2 heterocycles. The van der Waals surface area contributed by atoms with Gasteiger partial charge < -0.3 is 59.4 Å². The van der Waals surface area contributed by atoms with E-state index in [0.717, 1.165) is 0 Å². The Morgan fingerprint density at radius 2 is 1.32 bits per heavy atom. The number of rotatable bonds is 13. The van der Waals surface area contributed by atoms with Crippen LogP contribution in [0.1, 0.15) is 27.7 Å². The van der Waals surface area contributed by atoms with E-state index < -0.39 is 97.3 Å². The molecular weight excluding hydrogens is 512 g/mol. The molecule has 2 aliphatic rings. The predicted octanol–water partition coefficient (Wildman–Crippen LogP) is -2.16. The van der Waals surface area contributed by atoms with Gasteiger partial charge in [-0.2, -0.15) is 0 Å². The molecule has 0 saturated carbocycles. The highest BCUT2D eigenvalue weighted by Gasteiger charge is 2.52. The number of carboxylic acid groups (broad SMARTS) is 2. The van der Waals surface area contributed by atoms with Gasteiger partial charge in [0.05, 0.1) is 57.5 Å². The second-order valence-corrected chi connectivity index (χ2v) is 11.2. The van der Waals surface area contributed by atoms with Gasteiger partial charge in [-0.05, 0) is 12.3 Å². The molecule has 38 heavy (non-hydrogen) atoms. The Kier molecular flexibility index (Phi) is 11.8. The molecule has 0 spiro atoms. The first-order valence-corrected chi connectivity index (χ1v) is 12.5. The van der Waals surface area contributed by atoms with Crippen molar-refractivity contribution in [2.24, 2.45) is 17.3 Å². The number of carbonyl (C=O) groups is 2. The van der Waals surface area contributed by atoms with Gasteiger partial charge in [0, 0.05) is 11.8 Å². The fourth-order valence-electron chi connectivity index (χ4n) is 5.05. The Bertz CT molecular complexity index is 772. The lowest BCUT2D eigenvalue weighted by Gasteiger charge is -2.49. The van der Waals surface area contributed by atoms with E-state index in [1.807, 2.05) is 20.8 Å². The number of hydrogen-bond acceptors (Lipinski definition) is 12. The molecule has 2 fully saturated rings. The summed E-state index contributed by atoms with van der Waals surface area (Å²) in [5.74, 6) is -3.86. The topological polar surface area (TPSA) is 222 Å². The first-order chi connectivity index (χ1) is 17.6. The highest BCUT2D eigenvalue weighted by molar-refractivity contribution is 5.68. The predicted molar refractivity (Wildman–Crippen MR) is 127 cm³/mol. The van der Waals surface area contributed by atoms with Gasteiger partial charge in [0.2, 0.25) is 0 Å². The fourth-order valence-corrected chi connectivity index (χ4v) is 5.05. The number of aliphatic hydroxyl groups is 5. The third-order valence-corrected chi connectivity index (χ3v) is 7.06. The van der Waals surface area contributed by atoms with Crippen LogP contribution in [0.5, 0.6) is 0 Å². The van der Waals surface area contributed by atoms with Crippen molar-refractivity contribution in [1.82, 2.24) is 0 Å². The summed E-state index contributed by atoms with van der Waals surface area (Å²) in [5.41, 5.74) is -2.04. The average Bonchev–Trinajstić information content (AvgIpc) is 2.81. The first-order valence-electron chi connectivity index (χ1n) is 12.5. The van der Waals surface area contributed by atoms with Crippen LogP contribution in [0, 0.1) is 17.3 Å². The molecule has 0 aromatic rings. The lowest BCUT2D eigenvalue weighted by atomic mass is 9.70. The molecule has 222 valence electrons. The number of hydrogen-bond donors (Lipinski definition) is 7. The van der Waals surface area contributed by atoms with E-state index in [1.54, 1.807) is 0 Å². The van der Waals surface area contributed by atoms with Crippen molar-refractivity contribution in [3.05, 3.63) is 0 Å². The SMILES string of the molecule is CC(C)(C)C1C(COCC(=O)O)OC(COCC2C(COCC(=O)O)OC(C)(CO)C(O)C2O)C(O)C1O. The zero-order chi connectivity index (χ0) is 28.8. The maximum atomic E-state index is 10.9. The molecule has 14 nitrogen and oxygen atoms in total. The van der Waals surface area contributed by atoms with Crippen molar-refractivity contribution in [2.75, 3.05) is 46.2 Å². The second kappa shape index (κ2) is 13.7. The van der Waals surface area contributed by atoms with E-state index in [0.29, 0.717) is 0 Å². The van der Waals surface area contributed by atoms with Crippen LogP contribution in [0.2, 0.25) is 0 Å². The lowest BCUT2D eigenvalue weighted by Crippen LogP contribution is -2.64. The Morgan fingerprint density at radius 1 is 0.789 bits per heavy atom. The Balaban J connectivity index is 2.09. The smallest absolute Gasteiger partial charge is 0.329 e. The van der Waals surface area contributed by atoms with Crippen LogP contribution < -0.4 is 0 Å². The van der Waals surface area contributed by atoms with Gasteiger partial charge in [-0.15, -0.1) is 0 Å². The van der Waals surface area contributed by atoms with Gasteiger partial charge in [-0.25, -0.2) is 9.59 Å². The molecule has 0 aromatic carbocycles. The van der Waals surface area contributed by atoms with E-state index in [-0.39, 0.29) is 26.4 Å². The summed E-state index contributed by atoms with van der Waals surface area (Å²) in [6.45, 7) is 4.26. The van der Waals surface area contributed by atoms with Crippen LogP contribution in [0.3, 0.4) is 0 Å². The van der Waals surface area contributed by atoms with Crippen LogP contribution in [-0.4, -0.2) is 142 Å². The van der Waals surface area contributed by atoms with Gasteiger partial charge >= 0.3 is 11.9 Å². The van der Waals surface area contributed by atoms with E-state index in [9.17, 15) is 35.1 Å². The van der Waals surface area contributed by atoms with E-state index >= 15 is 0 Å². The standard InChI is InChI=1S/C24H42O14/c1-23(2,3)18-14(7-36-10-17(28)29)37-15(20(31)21(18)32)8-34-5-12-13(6-35-9-16(26)27)38-24(4,11-25)22(33)19(12)30/h12-15,18-22,25,30-33H,5-11H2,1-4H3,(H,26,27)(H,28,29). The van der Waals surface area contributed by atoms with Crippen molar-refractivity contribution < 1.29 is 69.0 Å². The molecule has 10 atom stereocenters. The number of carboxylic acids is 2. The quantitative estimate of drug-likeness (QED) is 0.129. The Labute approximate surface area is 221 Å². The van der Waals surface area contributed by atoms with Crippen LogP contribution in [0.25, 0.3) is 0 Å². The van der Waals surface area contributed by atoms with E-state index in [2.05, 4.69) is 0 Å². The normalized spacial score (nSPS) is 38.2. The molecule has 0 aliphatic carbocycles. The van der Waals surface area contributed by atoms with Gasteiger partial charge in [0.1, 0.15) is 37.1 Å². The molecule has 7 N–H and O–H groups in total. The monoisotopic (exact) mass is 554 g/mol. The Morgan fingerprint density at radius 3 is 1.82 bits per heavy atom. The summed E-state index contributed by atoms with van der Waals surface area (Å²) < 4.78 is 27.8. The summed E-state index contributed by atoms with van der Waals surface area (Å²) in [6.07, 6.45) is -8.23. The van der Waals surface area contributed by atoms with Crippen LogP contribution in [0.4, 0.5) is 0 Å². The minimum Gasteiger partial charge on any atom is -0.480 e. The fraction of sp³-hybridized carbons (Fsp3) is 0.917. The molecule has 2 aliphatic heterocycles. The van der Waals surface area contributed by atoms with Gasteiger partial charge in [0.25, 0.3) is 0 Å². The highest BCUT2D eigenvalue weighted by Crippen LogP contribution is 2.39. The van der Waals surface area contributed by atoms with Crippen molar-refractivity contribution >= 4 is 11.9 Å². The minimum absolute atomic E-state index is 0.140. The first kappa shape index (κ1) is 32.8. The van der Waals surface area contributed by atoms with Crippen LogP contribution in [-0.2, 0) is 33.3 Å². The largest absolute Gasteiger partial charge is 0.480 e. The van der Waals surface area contributed by atoms with E-state index in [4.69, 9.17) is 33.9 Å². The molecule has 2 saturated heterocycles. The molecule has 10 unspecified atom stereocenters. The van der Waals surface area contributed by atoms with Gasteiger partial charge in [-0.3, -0.25) is 0 Å². The van der Waals surface area contributed by atoms with Crippen molar-refractivity contribution in [1.29, 1.82) is 0 Å². The molecule has 2 rings (SSSR count). The molecular formula is C24H42O14. The Hall–Kier alpha value is -1.46. The maximum absolute atomic E-state index is 10.9. The average molecular weight is 555 g/mol. The van der Waals surface area contributed by atoms with Crippen molar-refractivity contribution in [3.8, 4) is 0 Å². The van der Waals surface area contributed by atoms with Gasteiger partial charge in [0.15, 0.2) is 0 Å². The molecule has 0 amide bonds. The number of aliphatic hydroxyl groups excluding tert-OH is 5. The maximum Gasteiger partial charge on any atom is 0.329 e. The number of ether oxygens (including phenoxy) is 5. The lowest BCUT2D eigenvalue weighted by molar-refractivity contribution is -0.275. The summed E-state index contributed by atoms with van der Waals surface area (Å²) in [5, 5.41) is 70.3.